The van der Waals surface area contributed by atoms with Gasteiger partial charge in [-0.1, -0.05) is 50.2 Å². The van der Waals surface area contributed by atoms with E-state index in [-0.39, 0.29) is 0 Å². The lowest BCUT2D eigenvalue weighted by atomic mass is 10.1. The summed E-state index contributed by atoms with van der Waals surface area (Å²) in [6.45, 7) is 5.15. The van der Waals surface area contributed by atoms with Crippen molar-refractivity contribution < 1.29 is 4.74 Å². The predicted molar refractivity (Wildman–Crippen MR) is 86.3 cm³/mol. The van der Waals surface area contributed by atoms with E-state index in [1.807, 2.05) is 18.2 Å². The number of hydrogen-bond donors (Lipinski definition) is 1. The maximum atomic E-state index is 5.94. The highest BCUT2D eigenvalue weighted by Gasteiger charge is 2.07. The summed E-state index contributed by atoms with van der Waals surface area (Å²) < 4.78 is 5.94. The molecule has 0 saturated heterocycles. The smallest absolute Gasteiger partial charge is 0.127 e. The van der Waals surface area contributed by atoms with Crippen molar-refractivity contribution in [2.24, 2.45) is 5.92 Å². The van der Waals surface area contributed by atoms with Gasteiger partial charge in [0.25, 0.3) is 0 Å². The summed E-state index contributed by atoms with van der Waals surface area (Å²) in [4.78, 5) is 0. The molecule has 0 aromatic heterocycles. The van der Waals surface area contributed by atoms with Crippen molar-refractivity contribution in [3.63, 3.8) is 0 Å². The molecule has 102 valence electrons. The second-order valence-electron chi connectivity index (χ2n) is 5.41. The van der Waals surface area contributed by atoms with E-state index < -0.39 is 0 Å². The molecule has 0 bridgehead atoms. The van der Waals surface area contributed by atoms with E-state index >= 15 is 0 Å². The third kappa shape index (κ3) is 4.17. The van der Waals surface area contributed by atoms with Gasteiger partial charge in [0, 0.05) is 10.6 Å². The minimum Gasteiger partial charge on any atom is -0.492 e. The van der Waals surface area contributed by atoms with Crippen LogP contribution >= 0.6 is 12.6 Å². The van der Waals surface area contributed by atoms with Crippen LogP contribution in [-0.2, 0) is 0 Å². The quantitative estimate of drug-likeness (QED) is 0.733. The van der Waals surface area contributed by atoms with Crippen LogP contribution < -0.4 is 4.74 Å². The van der Waals surface area contributed by atoms with E-state index in [9.17, 15) is 0 Å². The second kappa shape index (κ2) is 6.85. The molecule has 0 spiro atoms. The van der Waals surface area contributed by atoms with Gasteiger partial charge in [0.1, 0.15) is 5.75 Å². The molecule has 2 rings (SSSR count). The van der Waals surface area contributed by atoms with Gasteiger partial charge in [0.15, 0.2) is 0 Å². The summed E-state index contributed by atoms with van der Waals surface area (Å²) >= 11 is 4.60. The topological polar surface area (TPSA) is 9.23 Å². The zero-order valence-electron chi connectivity index (χ0n) is 11.7. The first kappa shape index (κ1) is 14.3. The first-order valence-corrected chi connectivity index (χ1v) is 7.47. The molecule has 2 aromatic rings. The zero-order chi connectivity index (χ0) is 13.7. The van der Waals surface area contributed by atoms with Crippen LogP contribution in [0.4, 0.5) is 0 Å². The normalized spacial score (nSPS) is 12.8. The standard InChI is InChI=1S/C17H22OS/c1-13(2)10-11-15(19)12-18-17-9-5-7-14-6-3-4-8-16(14)17/h3-9,13,15,19H,10-12H2,1-2H3. The van der Waals surface area contributed by atoms with Crippen LogP contribution in [0.2, 0.25) is 0 Å². The number of fused-ring (bicyclic) bond motifs is 1. The highest BCUT2D eigenvalue weighted by molar-refractivity contribution is 7.81. The first-order valence-electron chi connectivity index (χ1n) is 6.95. The largest absolute Gasteiger partial charge is 0.492 e. The maximum absolute atomic E-state index is 5.94. The van der Waals surface area contributed by atoms with Gasteiger partial charge in [-0.15, -0.1) is 0 Å². The molecular weight excluding hydrogens is 252 g/mol. The van der Waals surface area contributed by atoms with Gasteiger partial charge in [-0.3, -0.25) is 0 Å². The molecule has 0 aliphatic carbocycles. The molecule has 19 heavy (non-hydrogen) atoms. The van der Waals surface area contributed by atoms with Gasteiger partial charge >= 0.3 is 0 Å². The summed E-state index contributed by atoms with van der Waals surface area (Å²) in [5.74, 6) is 1.69. The molecule has 0 N–H and O–H groups in total. The van der Waals surface area contributed by atoms with E-state index in [2.05, 4.69) is 50.7 Å². The molecule has 0 heterocycles. The second-order valence-corrected chi connectivity index (χ2v) is 6.14. The highest BCUT2D eigenvalue weighted by Crippen LogP contribution is 2.25. The lowest BCUT2D eigenvalue weighted by Gasteiger charge is -2.15. The summed E-state index contributed by atoms with van der Waals surface area (Å²) in [5.41, 5.74) is 0. The van der Waals surface area contributed by atoms with Gasteiger partial charge < -0.3 is 4.74 Å². The predicted octanol–water partition coefficient (Wildman–Crippen LogP) is 4.95. The summed E-state index contributed by atoms with van der Waals surface area (Å²) in [6, 6.07) is 14.5. The molecule has 0 aliphatic rings. The Bertz CT molecular complexity index is 516. The van der Waals surface area contributed by atoms with E-state index in [0.717, 1.165) is 18.1 Å². The van der Waals surface area contributed by atoms with Gasteiger partial charge in [-0.25, -0.2) is 0 Å². The van der Waals surface area contributed by atoms with Gasteiger partial charge in [-0.2, -0.15) is 12.6 Å². The molecule has 0 radical (unpaired) electrons. The molecule has 2 heteroatoms. The molecule has 2 aromatic carbocycles. The van der Waals surface area contributed by atoms with Crippen molar-refractivity contribution in [1.29, 1.82) is 0 Å². The van der Waals surface area contributed by atoms with Crippen molar-refractivity contribution in [1.82, 2.24) is 0 Å². The molecule has 0 saturated carbocycles. The van der Waals surface area contributed by atoms with Crippen LogP contribution in [0.1, 0.15) is 26.7 Å². The van der Waals surface area contributed by atoms with Crippen LogP contribution in [-0.4, -0.2) is 11.9 Å². The molecule has 0 amide bonds. The fourth-order valence-electron chi connectivity index (χ4n) is 2.12. The van der Waals surface area contributed by atoms with Crippen molar-refractivity contribution in [2.75, 3.05) is 6.61 Å². The van der Waals surface area contributed by atoms with E-state index in [0.29, 0.717) is 11.9 Å². The minimum atomic E-state index is 0.307. The van der Waals surface area contributed by atoms with Crippen LogP contribution in [0.15, 0.2) is 42.5 Å². The molecular formula is C17H22OS. The summed E-state index contributed by atoms with van der Waals surface area (Å²) in [6.07, 6.45) is 2.30. The van der Waals surface area contributed by atoms with Gasteiger partial charge in [0.2, 0.25) is 0 Å². The number of hydrogen-bond acceptors (Lipinski definition) is 2. The lowest BCUT2D eigenvalue weighted by molar-refractivity contribution is 0.311. The summed E-state index contributed by atoms with van der Waals surface area (Å²) in [5, 5.41) is 2.70. The molecule has 1 unspecified atom stereocenters. The average Bonchev–Trinajstić information content (AvgIpc) is 2.42. The SMILES string of the molecule is CC(C)CCC(S)COc1cccc2ccccc12. The van der Waals surface area contributed by atoms with Gasteiger partial charge in [0.05, 0.1) is 6.61 Å². The monoisotopic (exact) mass is 274 g/mol. The Morgan fingerprint density at radius 2 is 1.74 bits per heavy atom. The van der Waals surface area contributed by atoms with E-state index in [1.165, 1.54) is 17.2 Å². The Morgan fingerprint density at radius 3 is 2.53 bits per heavy atom. The van der Waals surface area contributed by atoms with Crippen LogP contribution in [0.5, 0.6) is 5.75 Å². The molecule has 1 atom stereocenters. The average molecular weight is 274 g/mol. The van der Waals surface area contributed by atoms with Crippen LogP contribution in [0.25, 0.3) is 10.8 Å². The fraction of sp³-hybridized carbons (Fsp3) is 0.412. The highest BCUT2D eigenvalue weighted by atomic mass is 32.1. The summed E-state index contributed by atoms with van der Waals surface area (Å²) in [7, 11) is 0. The molecule has 1 nitrogen and oxygen atoms in total. The van der Waals surface area contributed by atoms with Gasteiger partial charge in [-0.05, 0) is 30.2 Å². The lowest BCUT2D eigenvalue weighted by Crippen LogP contribution is -2.12. The van der Waals surface area contributed by atoms with Crippen LogP contribution in [0, 0.1) is 5.92 Å². The van der Waals surface area contributed by atoms with Crippen molar-refractivity contribution in [3.05, 3.63) is 42.5 Å². The fourth-order valence-corrected chi connectivity index (χ4v) is 2.34. The zero-order valence-corrected chi connectivity index (χ0v) is 12.6. The van der Waals surface area contributed by atoms with Crippen LogP contribution in [0.3, 0.4) is 0 Å². The van der Waals surface area contributed by atoms with E-state index in [4.69, 9.17) is 4.74 Å². The Kier molecular flexibility index (Phi) is 5.15. The number of thiol groups is 1. The third-order valence-electron chi connectivity index (χ3n) is 3.26. The van der Waals surface area contributed by atoms with E-state index in [1.54, 1.807) is 0 Å². The molecule has 0 fully saturated rings. The Labute approximate surface area is 121 Å². The first-order chi connectivity index (χ1) is 9.16. The van der Waals surface area contributed by atoms with Crippen molar-refractivity contribution >= 4 is 23.4 Å². The Balaban J connectivity index is 1.98. The minimum absolute atomic E-state index is 0.307. The number of rotatable bonds is 6. The Hall–Kier alpha value is -1.15. The number of benzene rings is 2. The van der Waals surface area contributed by atoms with Crippen molar-refractivity contribution in [3.8, 4) is 5.75 Å². The maximum Gasteiger partial charge on any atom is 0.127 e. The number of ether oxygens (including phenoxy) is 1. The third-order valence-corrected chi connectivity index (χ3v) is 3.67. The Morgan fingerprint density at radius 1 is 1.00 bits per heavy atom. The van der Waals surface area contributed by atoms with Crippen molar-refractivity contribution in [2.45, 2.75) is 31.9 Å². The molecule has 0 aliphatic heterocycles.